The van der Waals surface area contributed by atoms with E-state index in [-0.39, 0.29) is 48.5 Å². The second-order valence-electron chi connectivity index (χ2n) is 8.79. The summed E-state index contributed by atoms with van der Waals surface area (Å²) in [6.45, 7) is 0. The van der Waals surface area contributed by atoms with Crippen LogP contribution in [0, 0.1) is 0 Å². The maximum absolute atomic E-state index is 11.0. The Bertz CT molecular complexity index is 1010. The van der Waals surface area contributed by atoms with E-state index in [2.05, 4.69) is 0 Å². The van der Waals surface area contributed by atoms with Crippen LogP contribution in [0.15, 0.2) is 36.4 Å². The van der Waals surface area contributed by atoms with E-state index >= 15 is 0 Å². The molecule has 0 heterocycles. The predicted molar refractivity (Wildman–Crippen MR) is 123 cm³/mol. The van der Waals surface area contributed by atoms with Crippen LogP contribution in [-0.4, -0.2) is 44.3 Å². The number of carboxylic acids is 4. The van der Waals surface area contributed by atoms with Gasteiger partial charge in [0.25, 0.3) is 0 Å². The summed E-state index contributed by atoms with van der Waals surface area (Å²) in [6, 6.07) is 9.32. The Labute approximate surface area is 222 Å². The molecule has 0 bridgehead atoms. The van der Waals surface area contributed by atoms with E-state index in [0.717, 1.165) is 62.5 Å². The van der Waals surface area contributed by atoms with E-state index in [9.17, 15) is 19.2 Å². The van der Waals surface area contributed by atoms with Gasteiger partial charge in [0, 0.05) is 26.2 Å². The zero-order chi connectivity index (χ0) is 24.8. The van der Waals surface area contributed by atoms with Crippen molar-refractivity contribution < 1.29 is 65.8 Å². The SMILES string of the molecule is O=C(O)c1ccc(C2CCCC2)cc1C(=O)O.O=C(O)c1ccc(C2CCCC2)cc1C(=O)O.[Zr]. The quantitative estimate of drug-likeness (QED) is 0.363. The summed E-state index contributed by atoms with van der Waals surface area (Å²) in [4.78, 5) is 43.9. The van der Waals surface area contributed by atoms with Crippen molar-refractivity contribution in [2.24, 2.45) is 0 Å². The van der Waals surface area contributed by atoms with Gasteiger partial charge in [-0.1, -0.05) is 37.8 Å². The average molecular weight is 560 g/mol. The Kier molecular flexibility index (Phi) is 10.4. The van der Waals surface area contributed by atoms with E-state index in [1.807, 2.05) is 0 Å². The minimum atomic E-state index is -1.19. The van der Waals surface area contributed by atoms with Crippen molar-refractivity contribution in [1.29, 1.82) is 0 Å². The third-order valence-electron chi connectivity index (χ3n) is 6.66. The average Bonchev–Trinajstić information content (AvgIpc) is 3.53. The third kappa shape index (κ3) is 7.10. The van der Waals surface area contributed by atoms with Crippen molar-refractivity contribution in [1.82, 2.24) is 0 Å². The van der Waals surface area contributed by atoms with Crippen molar-refractivity contribution in [2.45, 2.75) is 63.2 Å². The van der Waals surface area contributed by atoms with Crippen molar-refractivity contribution in [3.05, 3.63) is 69.8 Å². The molecule has 35 heavy (non-hydrogen) atoms. The Balaban J connectivity index is 0.000000240. The van der Waals surface area contributed by atoms with Crippen molar-refractivity contribution in [2.75, 3.05) is 0 Å². The third-order valence-corrected chi connectivity index (χ3v) is 6.66. The fourth-order valence-corrected chi connectivity index (χ4v) is 4.88. The summed E-state index contributed by atoms with van der Waals surface area (Å²) in [5, 5.41) is 35.9. The summed E-state index contributed by atoms with van der Waals surface area (Å²) in [7, 11) is 0. The van der Waals surface area contributed by atoms with E-state index < -0.39 is 23.9 Å². The number of carboxylic acid groups (broad SMARTS) is 4. The molecule has 0 spiro atoms. The molecule has 0 amide bonds. The first-order valence-electron chi connectivity index (χ1n) is 11.4. The predicted octanol–water partition coefficient (Wildman–Crippen LogP) is 5.48. The fraction of sp³-hybridized carbons (Fsp3) is 0.385. The molecule has 0 radical (unpaired) electrons. The number of hydrogen-bond donors (Lipinski definition) is 4. The molecule has 2 aromatic carbocycles. The first-order chi connectivity index (χ1) is 16.2. The molecule has 2 aromatic rings. The summed E-state index contributed by atoms with van der Waals surface area (Å²) in [6.07, 6.45) is 8.89. The van der Waals surface area contributed by atoms with Gasteiger partial charge in [0.1, 0.15) is 0 Å². The van der Waals surface area contributed by atoms with Crippen LogP contribution in [0.2, 0.25) is 0 Å². The van der Waals surface area contributed by atoms with Crippen LogP contribution in [0.4, 0.5) is 0 Å². The fourth-order valence-electron chi connectivity index (χ4n) is 4.88. The molecule has 4 N–H and O–H groups in total. The molecular weight excluding hydrogens is 532 g/mol. The van der Waals surface area contributed by atoms with E-state index in [4.69, 9.17) is 20.4 Å². The molecule has 0 aliphatic heterocycles. The van der Waals surface area contributed by atoms with Gasteiger partial charge in [0.2, 0.25) is 0 Å². The van der Waals surface area contributed by atoms with Crippen LogP contribution in [-0.2, 0) is 26.2 Å². The smallest absolute Gasteiger partial charge is 0.336 e. The maximum atomic E-state index is 11.0. The molecule has 184 valence electrons. The largest absolute Gasteiger partial charge is 0.478 e. The van der Waals surface area contributed by atoms with E-state index in [1.165, 1.54) is 24.3 Å². The van der Waals surface area contributed by atoms with Crippen molar-refractivity contribution in [3.63, 3.8) is 0 Å². The van der Waals surface area contributed by atoms with Crippen molar-refractivity contribution in [3.8, 4) is 0 Å². The second-order valence-corrected chi connectivity index (χ2v) is 8.79. The summed E-state index contributed by atoms with van der Waals surface area (Å²) >= 11 is 0. The monoisotopic (exact) mass is 558 g/mol. The summed E-state index contributed by atoms with van der Waals surface area (Å²) in [5.41, 5.74) is 1.40. The molecule has 0 saturated heterocycles. The first-order valence-corrected chi connectivity index (χ1v) is 11.4. The minimum absolute atomic E-state index is 0. The molecule has 0 atom stereocenters. The number of benzene rings is 2. The van der Waals surface area contributed by atoms with Crippen LogP contribution < -0.4 is 0 Å². The van der Waals surface area contributed by atoms with Crippen LogP contribution in [0.25, 0.3) is 0 Å². The van der Waals surface area contributed by atoms with Crippen LogP contribution in [0.3, 0.4) is 0 Å². The molecule has 9 heteroatoms. The standard InChI is InChI=1S/2C13H14O4.Zr/c2*14-12(15)10-6-5-9(7-11(10)13(16)17)8-3-1-2-4-8;/h2*5-8H,1-4H2,(H,14,15)(H,16,17);. The number of carbonyl (C=O) groups is 4. The van der Waals surface area contributed by atoms with Gasteiger partial charge in [-0.2, -0.15) is 0 Å². The molecule has 2 aliphatic carbocycles. The Morgan fingerprint density at radius 2 is 0.800 bits per heavy atom. The first kappa shape index (κ1) is 28.4. The van der Waals surface area contributed by atoms with Gasteiger partial charge >= 0.3 is 23.9 Å². The zero-order valence-electron chi connectivity index (χ0n) is 19.2. The maximum Gasteiger partial charge on any atom is 0.336 e. The minimum Gasteiger partial charge on any atom is -0.478 e. The van der Waals surface area contributed by atoms with Gasteiger partial charge in [-0.3, -0.25) is 0 Å². The van der Waals surface area contributed by atoms with Gasteiger partial charge in [-0.05, 0) is 72.9 Å². The molecule has 0 unspecified atom stereocenters. The van der Waals surface area contributed by atoms with E-state index in [0.29, 0.717) is 11.8 Å². The van der Waals surface area contributed by atoms with Gasteiger partial charge in [0.15, 0.2) is 0 Å². The Hall–Kier alpha value is -2.80. The van der Waals surface area contributed by atoms with Gasteiger partial charge in [-0.15, -0.1) is 0 Å². The zero-order valence-corrected chi connectivity index (χ0v) is 21.7. The van der Waals surface area contributed by atoms with Gasteiger partial charge in [-0.25, -0.2) is 19.2 Å². The molecular formula is C26H28O8Zr. The molecule has 0 aromatic heterocycles. The number of hydrogen-bond acceptors (Lipinski definition) is 4. The van der Waals surface area contributed by atoms with Crippen LogP contribution >= 0.6 is 0 Å². The van der Waals surface area contributed by atoms with Crippen molar-refractivity contribution >= 4 is 23.9 Å². The van der Waals surface area contributed by atoms with Crippen LogP contribution in [0.5, 0.6) is 0 Å². The molecule has 4 rings (SSSR count). The molecule has 2 fully saturated rings. The van der Waals surface area contributed by atoms with Gasteiger partial charge < -0.3 is 20.4 Å². The normalized spacial score (nSPS) is 15.5. The number of aromatic carboxylic acids is 4. The Morgan fingerprint density at radius 3 is 1.06 bits per heavy atom. The van der Waals surface area contributed by atoms with Gasteiger partial charge in [0.05, 0.1) is 22.3 Å². The Morgan fingerprint density at radius 1 is 0.514 bits per heavy atom. The van der Waals surface area contributed by atoms with E-state index in [1.54, 1.807) is 12.1 Å². The second kappa shape index (κ2) is 12.8. The molecule has 8 nitrogen and oxygen atoms in total. The molecule has 2 aliphatic rings. The topological polar surface area (TPSA) is 149 Å². The van der Waals surface area contributed by atoms with Crippen LogP contribution in [0.1, 0.15) is 116 Å². The summed E-state index contributed by atoms with van der Waals surface area (Å²) < 4.78 is 0. The number of rotatable bonds is 6. The molecule has 2 saturated carbocycles. The summed E-state index contributed by atoms with van der Waals surface area (Å²) in [5.74, 6) is -3.97.